The summed E-state index contributed by atoms with van der Waals surface area (Å²) >= 11 is 11.8. The van der Waals surface area contributed by atoms with E-state index in [1.54, 1.807) is 42.2 Å². The normalized spacial score (nSPS) is 10.2. The molecular weight excluding hydrogens is 275 g/mol. The first-order valence-electron chi connectivity index (χ1n) is 5.07. The molecule has 0 bridgehead atoms. The quantitative estimate of drug-likeness (QED) is 0.888. The van der Waals surface area contributed by atoms with Crippen LogP contribution in [0.3, 0.4) is 0 Å². The number of anilines is 2. The van der Waals surface area contributed by atoms with Gasteiger partial charge in [0.1, 0.15) is 5.82 Å². The third kappa shape index (κ3) is 2.94. The molecule has 94 valence electrons. The summed E-state index contributed by atoms with van der Waals surface area (Å²) in [6.07, 6.45) is 1.59. The number of carbonyl (C=O) groups excluding carboxylic acids is 1. The minimum Gasteiger partial charge on any atom is -0.306 e. The Labute approximate surface area is 114 Å². The van der Waals surface area contributed by atoms with Gasteiger partial charge in [0.2, 0.25) is 0 Å². The molecule has 0 saturated carbocycles. The summed E-state index contributed by atoms with van der Waals surface area (Å²) in [5, 5.41) is 10.1. The average molecular weight is 285 g/mol. The summed E-state index contributed by atoms with van der Waals surface area (Å²) in [6, 6.07) is 6.10. The highest BCUT2D eigenvalue weighted by atomic mass is 35.5. The number of aryl methyl sites for hydroxylation is 1. The molecule has 0 aliphatic carbocycles. The molecule has 2 N–H and O–H groups in total. The van der Waals surface area contributed by atoms with Crippen molar-refractivity contribution in [1.29, 1.82) is 0 Å². The van der Waals surface area contributed by atoms with Crippen LogP contribution in [0.1, 0.15) is 0 Å². The van der Waals surface area contributed by atoms with Gasteiger partial charge in [0.15, 0.2) is 0 Å². The molecule has 0 unspecified atom stereocenters. The monoisotopic (exact) mass is 284 g/mol. The fraction of sp³-hybridized carbons (Fsp3) is 0.0909. The molecule has 0 spiro atoms. The van der Waals surface area contributed by atoms with Crippen LogP contribution in [0.2, 0.25) is 10.0 Å². The van der Waals surface area contributed by atoms with Crippen molar-refractivity contribution in [1.82, 2.24) is 9.78 Å². The molecule has 1 aromatic carbocycles. The van der Waals surface area contributed by atoms with Crippen LogP contribution in [-0.4, -0.2) is 15.8 Å². The minimum atomic E-state index is -0.414. The average Bonchev–Trinajstić information content (AvgIpc) is 2.70. The van der Waals surface area contributed by atoms with Crippen LogP contribution in [0.25, 0.3) is 0 Å². The van der Waals surface area contributed by atoms with Gasteiger partial charge in [-0.15, -0.1) is 0 Å². The Morgan fingerprint density at radius 3 is 2.72 bits per heavy atom. The van der Waals surface area contributed by atoms with Gasteiger partial charge < -0.3 is 5.32 Å². The van der Waals surface area contributed by atoms with Gasteiger partial charge in [0.25, 0.3) is 0 Å². The Hall–Kier alpha value is -1.72. The number of hydrogen-bond donors (Lipinski definition) is 2. The number of benzene rings is 1. The van der Waals surface area contributed by atoms with Crippen LogP contribution in [0, 0.1) is 0 Å². The third-order valence-corrected chi connectivity index (χ3v) is 2.80. The molecule has 0 aliphatic rings. The summed E-state index contributed by atoms with van der Waals surface area (Å²) in [7, 11) is 1.72. The SMILES string of the molecule is Cn1nccc1NC(=O)Nc1cc(Cl)ccc1Cl. The van der Waals surface area contributed by atoms with Crippen molar-refractivity contribution in [3.8, 4) is 0 Å². The summed E-state index contributed by atoms with van der Waals surface area (Å²) in [5.74, 6) is 0.575. The number of amides is 2. The second kappa shape index (κ2) is 5.29. The van der Waals surface area contributed by atoms with Crippen molar-refractivity contribution < 1.29 is 4.79 Å². The fourth-order valence-electron chi connectivity index (χ4n) is 1.36. The Morgan fingerprint density at radius 2 is 2.06 bits per heavy atom. The topological polar surface area (TPSA) is 59.0 Å². The third-order valence-electron chi connectivity index (χ3n) is 2.24. The molecule has 18 heavy (non-hydrogen) atoms. The maximum atomic E-state index is 11.7. The molecule has 2 aromatic rings. The van der Waals surface area contributed by atoms with Crippen molar-refractivity contribution in [2.45, 2.75) is 0 Å². The summed E-state index contributed by atoms with van der Waals surface area (Å²) in [5.41, 5.74) is 0.448. The van der Waals surface area contributed by atoms with Gasteiger partial charge in [-0.1, -0.05) is 23.2 Å². The maximum absolute atomic E-state index is 11.7. The molecule has 0 saturated heterocycles. The van der Waals surface area contributed by atoms with E-state index in [0.29, 0.717) is 21.6 Å². The largest absolute Gasteiger partial charge is 0.324 e. The lowest BCUT2D eigenvalue weighted by atomic mass is 10.3. The van der Waals surface area contributed by atoms with E-state index in [0.717, 1.165) is 0 Å². The van der Waals surface area contributed by atoms with Gasteiger partial charge >= 0.3 is 6.03 Å². The van der Waals surface area contributed by atoms with E-state index < -0.39 is 6.03 Å². The summed E-state index contributed by atoms with van der Waals surface area (Å²) in [4.78, 5) is 11.7. The number of nitrogens with zero attached hydrogens (tertiary/aromatic N) is 2. The van der Waals surface area contributed by atoms with Crippen LogP contribution in [-0.2, 0) is 7.05 Å². The molecule has 2 amide bonds. The molecule has 0 aliphatic heterocycles. The number of urea groups is 1. The van der Waals surface area contributed by atoms with Crippen molar-refractivity contribution in [3.63, 3.8) is 0 Å². The van der Waals surface area contributed by atoms with Crippen LogP contribution in [0.15, 0.2) is 30.5 Å². The van der Waals surface area contributed by atoms with Crippen LogP contribution in [0.5, 0.6) is 0 Å². The van der Waals surface area contributed by atoms with E-state index in [1.165, 1.54) is 0 Å². The predicted octanol–water partition coefficient (Wildman–Crippen LogP) is 3.37. The van der Waals surface area contributed by atoms with E-state index >= 15 is 0 Å². The molecular formula is C11H10Cl2N4O. The molecule has 2 rings (SSSR count). The number of halogens is 2. The Kier molecular flexibility index (Phi) is 3.74. The molecule has 1 heterocycles. The number of aromatic nitrogens is 2. The lowest BCUT2D eigenvalue weighted by molar-refractivity contribution is 0.262. The van der Waals surface area contributed by atoms with Crippen LogP contribution >= 0.6 is 23.2 Å². The van der Waals surface area contributed by atoms with E-state index in [2.05, 4.69) is 15.7 Å². The second-order valence-electron chi connectivity index (χ2n) is 3.54. The summed E-state index contributed by atoms with van der Waals surface area (Å²) < 4.78 is 1.54. The highest BCUT2D eigenvalue weighted by Gasteiger charge is 2.08. The Bertz CT molecular complexity index is 582. The number of hydrogen-bond acceptors (Lipinski definition) is 2. The lowest BCUT2D eigenvalue weighted by Crippen LogP contribution is -2.21. The van der Waals surface area contributed by atoms with Crippen molar-refractivity contribution in [2.75, 3.05) is 10.6 Å². The smallest absolute Gasteiger partial charge is 0.306 e. The minimum absolute atomic E-state index is 0.414. The van der Waals surface area contributed by atoms with Gasteiger partial charge in [-0.2, -0.15) is 5.10 Å². The molecule has 1 aromatic heterocycles. The van der Waals surface area contributed by atoms with E-state index in [-0.39, 0.29) is 0 Å². The summed E-state index contributed by atoms with van der Waals surface area (Å²) in [6.45, 7) is 0. The number of carbonyl (C=O) groups is 1. The molecule has 0 radical (unpaired) electrons. The fourth-order valence-corrected chi connectivity index (χ4v) is 1.70. The van der Waals surface area contributed by atoms with Gasteiger partial charge in [0, 0.05) is 18.1 Å². The second-order valence-corrected chi connectivity index (χ2v) is 4.39. The molecule has 0 fully saturated rings. The number of rotatable bonds is 2. The van der Waals surface area contributed by atoms with E-state index in [9.17, 15) is 4.79 Å². The van der Waals surface area contributed by atoms with Crippen LogP contribution in [0.4, 0.5) is 16.3 Å². The maximum Gasteiger partial charge on any atom is 0.324 e. The van der Waals surface area contributed by atoms with Gasteiger partial charge in [0.05, 0.1) is 16.9 Å². The first kappa shape index (κ1) is 12.7. The zero-order valence-corrected chi connectivity index (χ0v) is 11.0. The van der Waals surface area contributed by atoms with Gasteiger partial charge in [-0.25, -0.2) is 4.79 Å². The molecule has 5 nitrogen and oxygen atoms in total. The Morgan fingerprint density at radius 1 is 1.28 bits per heavy atom. The first-order chi connectivity index (χ1) is 8.56. The van der Waals surface area contributed by atoms with Crippen molar-refractivity contribution >= 4 is 40.7 Å². The zero-order valence-electron chi connectivity index (χ0n) is 9.45. The number of nitrogens with one attached hydrogen (secondary N) is 2. The standard InChI is InChI=1S/C11H10Cl2N4O/c1-17-10(4-5-14-17)16-11(18)15-9-6-7(12)2-3-8(9)13/h2-6H,1H3,(H2,15,16,18). The first-order valence-corrected chi connectivity index (χ1v) is 5.83. The van der Waals surface area contributed by atoms with E-state index in [4.69, 9.17) is 23.2 Å². The zero-order chi connectivity index (χ0) is 13.1. The highest BCUT2D eigenvalue weighted by molar-refractivity contribution is 6.35. The van der Waals surface area contributed by atoms with E-state index in [1.807, 2.05) is 0 Å². The van der Waals surface area contributed by atoms with Gasteiger partial charge in [-0.05, 0) is 18.2 Å². The van der Waals surface area contributed by atoms with Crippen LogP contribution < -0.4 is 10.6 Å². The predicted molar refractivity (Wildman–Crippen MR) is 72.3 cm³/mol. The molecule has 7 heteroatoms. The molecule has 0 atom stereocenters. The van der Waals surface area contributed by atoms with Crippen molar-refractivity contribution in [3.05, 3.63) is 40.5 Å². The highest BCUT2D eigenvalue weighted by Crippen LogP contribution is 2.25. The Balaban J connectivity index is 2.08. The van der Waals surface area contributed by atoms with Gasteiger partial charge in [-0.3, -0.25) is 10.00 Å². The lowest BCUT2D eigenvalue weighted by Gasteiger charge is -2.09. The van der Waals surface area contributed by atoms with Crippen molar-refractivity contribution in [2.24, 2.45) is 7.05 Å².